The molecule has 2 rings (SSSR count). The van der Waals surface area contributed by atoms with E-state index in [0.717, 1.165) is 29.6 Å². The maximum atomic E-state index is 5.81. The molecule has 1 saturated carbocycles. The maximum Gasteiger partial charge on any atom is 0.122 e. The number of nitrogens with zero attached hydrogens (tertiary/aromatic N) is 1. The van der Waals surface area contributed by atoms with Gasteiger partial charge in [-0.25, -0.2) is 0 Å². The number of rotatable bonds is 4. The minimum Gasteiger partial charge on any atom is -0.497 e. The molecule has 3 nitrogen and oxygen atoms in total. The van der Waals surface area contributed by atoms with Crippen molar-refractivity contribution in [3.05, 3.63) is 18.2 Å². The lowest BCUT2D eigenvalue weighted by molar-refractivity contribution is 0.415. The van der Waals surface area contributed by atoms with Gasteiger partial charge in [0, 0.05) is 37.1 Å². The van der Waals surface area contributed by atoms with Crippen molar-refractivity contribution in [3.8, 4) is 5.75 Å². The number of benzene rings is 1. The van der Waals surface area contributed by atoms with Crippen molar-refractivity contribution in [3.63, 3.8) is 0 Å². The predicted molar refractivity (Wildman–Crippen MR) is 63.4 cm³/mol. The fourth-order valence-corrected chi connectivity index (χ4v) is 1.74. The SMILES string of the molecule is COc1cc(N)cc(N(C)CC2CC2)c1. The number of nitrogens with two attached hydrogens (primary N) is 1. The van der Waals surface area contributed by atoms with Gasteiger partial charge in [0.15, 0.2) is 0 Å². The largest absolute Gasteiger partial charge is 0.497 e. The van der Waals surface area contributed by atoms with Gasteiger partial charge in [0.05, 0.1) is 7.11 Å². The first-order valence-corrected chi connectivity index (χ1v) is 5.34. The van der Waals surface area contributed by atoms with Crippen LogP contribution in [-0.2, 0) is 0 Å². The molecule has 0 aromatic heterocycles. The Hall–Kier alpha value is -1.38. The fraction of sp³-hybridized carbons (Fsp3) is 0.500. The molecule has 3 heteroatoms. The summed E-state index contributed by atoms with van der Waals surface area (Å²) in [4.78, 5) is 2.25. The van der Waals surface area contributed by atoms with Gasteiger partial charge < -0.3 is 15.4 Å². The van der Waals surface area contributed by atoms with Crippen LogP contribution in [0.4, 0.5) is 11.4 Å². The Morgan fingerprint density at radius 1 is 1.40 bits per heavy atom. The normalized spacial score (nSPS) is 15.1. The Kier molecular flexibility index (Phi) is 2.71. The highest BCUT2D eigenvalue weighted by Crippen LogP contribution is 2.32. The van der Waals surface area contributed by atoms with Crippen LogP contribution in [0, 0.1) is 5.92 Å². The van der Waals surface area contributed by atoms with Crippen molar-refractivity contribution in [2.75, 3.05) is 31.3 Å². The first-order valence-electron chi connectivity index (χ1n) is 5.34. The maximum absolute atomic E-state index is 5.81. The smallest absolute Gasteiger partial charge is 0.122 e. The van der Waals surface area contributed by atoms with Gasteiger partial charge in [-0.1, -0.05) is 0 Å². The molecule has 82 valence electrons. The summed E-state index contributed by atoms with van der Waals surface area (Å²) in [6.45, 7) is 1.12. The van der Waals surface area contributed by atoms with Gasteiger partial charge in [0.1, 0.15) is 5.75 Å². The van der Waals surface area contributed by atoms with Crippen LogP contribution in [0.2, 0.25) is 0 Å². The molecular formula is C12H18N2O. The van der Waals surface area contributed by atoms with Gasteiger partial charge in [-0.15, -0.1) is 0 Å². The second-order valence-electron chi connectivity index (χ2n) is 4.29. The van der Waals surface area contributed by atoms with Crippen LogP contribution < -0.4 is 15.4 Å². The first-order chi connectivity index (χ1) is 7.19. The molecule has 15 heavy (non-hydrogen) atoms. The molecule has 0 atom stereocenters. The van der Waals surface area contributed by atoms with E-state index in [9.17, 15) is 0 Å². The van der Waals surface area contributed by atoms with Crippen LogP contribution in [0.3, 0.4) is 0 Å². The van der Waals surface area contributed by atoms with E-state index in [2.05, 4.69) is 11.9 Å². The van der Waals surface area contributed by atoms with Crippen LogP contribution in [0.25, 0.3) is 0 Å². The molecule has 1 aromatic carbocycles. The van der Waals surface area contributed by atoms with Crippen molar-refractivity contribution in [1.82, 2.24) is 0 Å². The Morgan fingerprint density at radius 3 is 2.73 bits per heavy atom. The summed E-state index contributed by atoms with van der Waals surface area (Å²) in [6, 6.07) is 5.86. The van der Waals surface area contributed by atoms with E-state index < -0.39 is 0 Å². The topological polar surface area (TPSA) is 38.5 Å². The van der Waals surface area contributed by atoms with Gasteiger partial charge in [0.25, 0.3) is 0 Å². The fourth-order valence-electron chi connectivity index (χ4n) is 1.74. The Bertz CT molecular complexity index is 347. The minimum absolute atomic E-state index is 0.756. The van der Waals surface area contributed by atoms with Gasteiger partial charge in [-0.05, 0) is 24.8 Å². The molecule has 0 bridgehead atoms. The molecule has 1 fully saturated rings. The van der Waals surface area contributed by atoms with Crippen LogP contribution in [-0.4, -0.2) is 20.7 Å². The monoisotopic (exact) mass is 206 g/mol. The zero-order chi connectivity index (χ0) is 10.8. The highest BCUT2D eigenvalue weighted by atomic mass is 16.5. The molecule has 0 aliphatic heterocycles. The summed E-state index contributed by atoms with van der Waals surface area (Å²) in [5, 5.41) is 0. The van der Waals surface area contributed by atoms with Gasteiger partial charge in [-0.3, -0.25) is 0 Å². The Labute approximate surface area is 90.8 Å². The number of methoxy groups -OCH3 is 1. The molecule has 1 aliphatic carbocycles. The lowest BCUT2D eigenvalue weighted by Gasteiger charge is -2.20. The first kappa shape index (κ1) is 10.1. The standard InChI is InChI=1S/C12H18N2O/c1-14(8-9-3-4-9)11-5-10(13)6-12(7-11)15-2/h5-7,9H,3-4,8,13H2,1-2H3. The summed E-state index contributed by atoms with van der Waals surface area (Å²) in [6.07, 6.45) is 2.73. The summed E-state index contributed by atoms with van der Waals surface area (Å²) in [7, 11) is 3.77. The average molecular weight is 206 g/mol. The molecule has 0 unspecified atom stereocenters. The molecule has 0 spiro atoms. The highest BCUT2D eigenvalue weighted by molar-refractivity contribution is 5.60. The lowest BCUT2D eigenvalue weighted by Crippen LogP contribution is -2.20. The lowest BCUT2D eigenvalue weighted by atomic mass is 10.2. The second-order valence-corrected chi connectivity index (χ2v) is 4.29. The molecule has 2 N–H and O–H groups in total. The third-order valence-electron chi connectivity index (χ3n) is 2.82. The van der Waals surface area contributed by atoms with Crippen LogP contribution in [0.5, 0.6) is 5.75 Å². The zero-order valence-corrected chi connectivity index (χ0v) is 9.36. The minimum atomic E-state index is 0.756. The van der Waals surface area contributed by atoms with Crippen molar-refractivity contribution in [2.24, 2.45) is 5.92 Å². The van der Waals surface area contributed by atoms with E-state index in [0.29, 0.717) is 0 Å². The van der Waals surface area contributed by atoms with E-state index in [4.69, 9.17) is 10.5 Å². The third kappa shape index (κ3) is 2.55. The molecule has 1 aliphatic rings. The number of nitrogen functional groups attached to an aromatic ring is 1. The number of hydrogen-bond donors (Lipinski definition) is 1. The van der Waals surface area contributed by atoms with Crippen LogP contribution in [0.1, 0.15) is 12.8 Å². The van der Waals surface area contributed by atoms with E-state index in [1.165, 1.54) is 12.8 Å². The Balaban J connectivity index is 2.13. The zero-order valence-electron chi connectivity index (χ0n) is 9.36. The van der Waals surface area contributed by atoms with E-state index in [1.54, 1.807) is 7.11 Å². The summed E-state index contributed by atoms with van der Waals surface area (Å²) < 4.78 is 5.20. The van der Waals surface area contributed by atoms with E-state index >= 15 is 0 Å². The summed E-state index contributed by atoms with van der Waals surface area (Å²) in [5.74, 6) is 1.70. The molecular weight excluding hydrogens is 188 g/mol. The van der Waals surface area contributed by atoms with Gasteiger partial charge in [-0.2, -0.15) is 0 Å². The third-order valence-corrected chi connectivity index (χ3v) is 2.82. The summed E-state index contributed by atoms with van der Waals surface area (Å²) in [5.41, 5.74) is 7.71. The molecule has 0 amide bonds. The summed E-state index contributed by atoms with van der Waals surface area (Å²) >= 11 is 0. The number of hydrogen-bond acceptors (Lipinski definition) is 3. The molecule has 0 heterocycles. The molecule has 0 saturated heterocycles. The van der Waals surface area contributed by atoms with Gasteiger partial charge in [0.2, 0.25) is 0 Å². The van der Waals surface area contributed by atoms with Crippen molar-refractivity contribution >= 4 is 11.4 Å². The van der Waals surface area contributed by atoms with Crippen molar-refractivity contribution in [2.45, 2.75) is 12.8 Å². The van der Waals surface area contributed by atoms with E-state index in [-0.39, 0.29) is 0 Å². The quantitative estimate of drug-likeness (QED) is 0.767. The van der Waals surface area contributed by atoms with Crippen LogP contribution >= 0.6 is 0 Å². The number of ether oxygens (including phenoxy) is 1. The van der Waals surface area contributed by atoms with Crippen LogP contribution in [0.15, 0.2) is 18.2 Å². The number of anilines is 2. The average Bonchev–Trinajstić information content (AvgIpc) is 3.00. The van der Waals surface area contributed by atoms with E-state index in [1.807, 2.05) is 18.2 Å². The van der Waals surface area contributed by atoms with Gasteiger partial charge >= 0.3 is 0 Å². The predicted octanol–water partition coefficient (Wildman–Crippen LogP) is 2.12. The van der Waals surface area contributed by atoms with Crippen molar-refractivity contribution in [1.29, 1.82) is 0 Å². The molecule has 0 radical (unpaired) electrons. The Morgan fingerprint density at radius 2 is 2.13 bits per heavy atom. The molecule has 1 aromatic rings. The van der Waals surface area contributed by atoms with Crippen molar-refractivity contribution < 1.29 is 4.74 Å². The highest BCUT2D eigenvalue weighted by Gasteiger charge is 2.23. The second kappa shape index (κ2) is 4.01.